The van der Waals surface area contributed by atoms with Crippen molar-refractivity contribution in [3.05, 3.63) is 34.7 Å². The molecule has 0 amide bonds. The van der Waals surface area contributed by atoms with E-state index in [0.29, 0.717) is 0 Å². The van der Waals surface area contributed by atoms with Gasteiger partial charge >= 0.3 is 11.7 Å². The zero-order valence-electron chi connectivity index (χ0n) is 11.5. The third-order valence-corrected chi connectivity index (χ3v) is 4.22. The van der Waals surface area contributed by atoms with Crippen molar-refractivity contribution in [3.63, 3.8) is 0 Å². The highest BCUT2D eigenvalue weighted by Crippen LogP contribution is 2.33. The van der Waals surface area contributed by atoms with Gasteiger partial charge in [-0.25, -0.2) is 4.79 Å². The molecule has 1 fully saturated rings. The maximum Gasteiger partial charge on any atom is 0.326 e. The smallest absolute Gasteiger partial charge is 0.326 e. The number of fused-ring (bicyclic) bond motifs is 1. The molecular weight excluding hydrogens is 256 g/mol. The molecule has 1 aromatic carbocycles. The lowest BCUT2D eigenvalue weighted by Gasteiger charge is -2.27. The van der Waals surface area contributed by atoms with Gasteiger partial charge in [0.2, 0.25) is 0 Å². The van der Waals surface area contributed by atoms with Crippen molar-refractivity contribution in [1.29, 1.82) is 0 Å². The number of hydrogen-bond acceptors (Lipinski definition) is 3. The number of nitrogens with zero attached hydrogens (tertiary/aromatic N) is 1. The normalized spacial score (nSPS) is 22.9. The molecule has 2 aromatic rings. The Morgan fingerprint density at radius 3 is 2.65 bits per heavy atom. The standard InChI is InChI=1S/C15H18N2O3/c1-20-14(18)10-6-8-11(9-7-10)17-13-5-3-2-4-12(13)16-15(17)19/h2-5,10-11H,6-9H2,1H3,(H,16,19). The van der Waals surface area contributed by atoms with E-state index in [2.05, 4.69) is 4.98 Å². The number of aromatic amines is 1. The molecule has 0 aliphatic heterocycles. The number of para-hydroxylation sites is 2. The van der Waals surface area contributed by atoms with E-state index in [1.807, 2.05) is 28.8 Å². The summed E-state index contributed by atoms with van der Waals surface area (Å²) in [4.78, 5) is 26.6. The van der Waals surface area contributed by atoms with Crippen molar-refractivity contribution in [2.24, 2.45) is 5.92 Å². The number of ether oxygens (including phenoxy) is 1. The molecule has 5 heteroatoms. The number of aromatic nitrogens is 2. The summed E-state index contributed by atoms with van der Waals surface area (Å²) in [7, 11) is 1.43. The first-order valence-corrected chi connectivity index (χ1v) is 6.98. The third-order valence-electron chi connectivity index (χ3n) is 4.22. The summed E-state index contributed by atoms with van der Waals surface area (Å²) in [5.74, 6) is -0.146. The SMILES string of the molecule is COC(=O)C1CCC(n2c(=O)[nH]c3ccccc32)CC1. The molecule has 0 unspecified atom stereocenters. The van der Waals surface area contributed by atoms with Crippen molar-refractivity contribution >= 4 is 17.0 Å². The molecule has 106 valence electrons. The fourth-order valence-corrected chi connectivity index (χ4v) is 3.17. The zero-order chi connectivity index (χ0) is 14.1. The van der Waals surface area contributed by atoms with Crippen LogP contribution in [-0.2, 0) is 9.53 Å². The average molecular weight is 274 g/mol. The minimum atomic E-state index is -0.130. The van der Waals surface area contributed by atoms with Crippen LogP contribution in [0.2, 0.25) is 0 Å². The predicted octanol–water partition coefficient (Wildman–Crippen LogP) is 2.23. The van der Waals surface area contributed by atoms with Gasteiger partial charge in [-0.1, -0.05) is 12.1 Å². The molecule has 0 saturated heterocycles. The second-order valence-corrected chi connectivity index (χ2v) is 5.35. The van der Waals surface area contributed by atoms with Crippen LogP contribution in [0.15, 0.2) is 29.1 Å². The summed E-state index contributed by atoms with van der Waals surface area (Å²) in [5.41, 5.74) is 1.75. The van der Waals surface area contributed by atoms with Crippen LogP contribution in [-0.4, -0.2) is 22.6 Å². The van der Waals surface area contributed by atoms with Gasteiger partial charge in [0.1, 0.15) is 0 Å². The van der Waals surface area contributed by atoms with E-state index in [9.17, 15) is 9.59 Å². The van der Waals surface area contributed by atoms with Gasteiger partial charge in [0.05, 0.1) is 24.1 Å². The number of esters is 1. The van der Waals surface area contributed by atoms with Gasteiger partial charge < -0.3 is 9.72 Å². The molecule has 1 aromatic heterocycles. The van der Waals surface area contributed by atoms with E-state index in [1.165, 1.54) is 7.11 Å². The van der Waals surface area contributed by atoms with Crippen molar-refractivity contribution in [1.82, 2.24) is 9.55 Å². The Morgan fingerprint density at radius 1 is 1.25 bits per heavy atom. The Balaban J connectivity index is 1.85. The summed E-state index contributed by atoms with van der Waals surface area (Å²) < 4.78 is 6.63. The number of hydrogen-bond donors (Lipinski definition) is 1. The Morgan fingerprint density at radius 2 is 1.95 bits per heavy atom. The second kappa shape index (κ2) is 5.15. The summed E-state index contributed by atoms with van der Waals surface area (Å²) in [5, 5.41) is 0. The third kappa shape index (κ3) is 2.13. The number of rotatable bonds is 2. The number of imidazole rings is 1. The Bertz CT molecular complexity index is 678. The monoisotopic (exact) mass is 274 g/mol. The van der Waals surface area contributed by atoms with Crippen molar-refractivity contribution in [2.45, 2.75) is 31.7 Å². The lowest BCUT2D eigenvalue weighted by atomic mass is 9.86. The molecule has 1 saturated carbocycles. The molecular formula is C15H18N2O3. The molecule has 3 rings (SSSR count). The lowest BCUT2D eigenvalue weighted by Crippen LogP contribution is -2.29. The Hall–Kier alpha value is -2.04. The summed E-state index contributed by atoms with van der Waals surface area (Å²) in [6, 6.07) is 7.88. The number of nitrogens with one attached hydrogen (secondary N) is 1. The fourth-order valence-electron chi connectivity index (χ4n) is 3.17. The van der Waals surface area contributed by atoms with Crippen LogP contribution in [0.5, 0.6) is 0 Å². The van der Waals surface area contributed by atoms with Gasteiger partial charge in [0.15, 0.2) is 0 Å². The highest BCUT2D eigenvalue weighted by atomic mass is 16.5. The van der Waals surface area contributed by atoms with Gasteiger partial charge in [-0.05, 0) is 37.8 Å². The van der Waals surface area contributed by atoms with E-state index in [4.69, 9.17) is 4.74 Å². The number of H-pyrrole nitrogens is 1. The first kappa shape index (κ1) is 13.0. The quantitative estimate of drug-likeness (QED) is 0.854. The Kier molecular flexibility index (Phi) is 3.34. The first-order chi connectivity index (χ1) is 9.70. The summed E-state index contributed by atoms with van der Waals surface area (Å²) in [6.45, 7) is 0. The number of methoxy groups -OCH3 is 1. The largest absolute Gasteiger partial charge is 0.469 e. The minimum absolute atomic E-state index is 0.0165. The predicted molar refractivity (Wildman–Crippen MR) is 75.6 cm³/mol. The zero-order valence-corrected chi connectivity index (χ0v) is 11.5. The van der Waals surface area contributed by atoms with Crippen LogP contribution in [0, 0.1) is 5.92 Å². The van der Waals surface area contributed by atoms with Crippen LogP contribution >= 0.6 is 0 Å². The van der Waals surface area contributed by atoms with Gasteiger partial charge in [-0.3, -0.25) is 9.36 Å². The van der Waals surface area contributed by atoms with Crippen molar-refractivity contribution < 1.29 is 9.53 Å². The van der Waals surface area contributed by atoms with E-state index in [-0.39, 0.29) is 23.6 Å². The van der Waals surface area contributed by atoms with Gasteiger partial charge in [-0.2, -0.15) is 0 Å². The van der Waals surface area contributed by atoms with Crippen molar-refractivity contribution in [3.8, 4) is 0 Å². The molecule has 20 heavy (non-hydrogen) atoms. The van der Waals surface area contributed by atoms with E-state index in [1.54, 1.807) is 0 Å². The topological polar surface area (TPSA) is 64.1 Å². The van der Waals surface area contributed by atoms with Crippen molar-refractivity contribution in [2.75, 3.05) is 7.11 Å². The summed E-state index contributed by atoms with van der Waals surface area (Å²) >= 11 is 0. The van der Waals surface area contributed by atoms with Crippen LogP contribution in [0.1, 0.15) is 31.7 Å². The molecule has 0 radical (unpaired) electrons. The second-order valence-electron chi connectivity index (χ2n) is 5.35. The minimum Gasteiger partial charge on any atom is -0.469 e. The van der Waals surface area contributed by atoms with E-state index in [0.717, 1.165) is 36.7 Å². The number of carbonyl (C=O) groups is 1. The maximum absolute atomic E-state index is 12.1. The number of benzene rings is 1. The molecule has 5 nitrogen and oxygen atoms in total. The van der Waals surface area contributed by atoms with Crippen LogP contribution in [0.25, 0.3) is 11.0 Å². The molecule has 1 aliphatic rings. The van der Waals surface area contributed by atoms with E-state index < -0.39 is 0 Å². The van der Waals surface area contributed by atoms with Gasteiger partial charge in [0.25, 0.3) is 0 Å². The van der Waals surface area contributed by atoms with Gasteiger partial charge in [0, 0.05) is 6.04 Å². The van der Waals surface area contributed by atoms with Crippen LogP contribution in [0.3, 0.4) is 0 Å². The number of carbonyl (C=O) groups excluding carboxylic acids is 1. The summed E-state index contributed by atoms with van der Waals surface area (Å²) in [6.07, 6.45) is 3.23. The highest BCUT2D eigenvalue weighted by Gasteiger charge is 2.29. The van der Waals surface area contributed by atoms with E-state index >= 15 is 0 Å². The lowest BCUT2D eigenvalue weighted by molar-refractivity contribution is -0.146. The first-order valence-electron chi connectivity index (χ1n) is 6.98. The van der Waals surface area contributed by atoms with Gasteiger partial charge in [-0.15, -0.1) is 0 Å². The van der Waals surface area contributed by atoms with Crippen LogP contribution < -0.4 is 5.69 Å². The Labute approximate surface area is 116 Å². The maximum atomic E-state index is 12.1. The fraction of sp³-hybridized carbons (Fsp3) is 0.467. The molecule has 0 bridgehead atoms. The van der Waals surface area contributed by atoms with Crippen LogP contribution in [0.4, 0.5) is 0 Å². The molecule has 1 aliphatic carbocycles. The molecule has 1 heterocycles. The molecule has 0 spiro atoms. The highest BCUT2D eigenvalue weighted by molar-refractivity contribution is 5.75. The average Bonchev–Trinajstić information content (AvgIpc) is 2.82. The molecule has 1 N–H and O–H groups in total. The molecule has 0 atom stereocenters.